The normalized spacial score (nSPS) is 21.2. The summed E-state index contributed by atoms with van der Waals surface area (Å²) in [5.41, 5.74) is 1.78. The highest BCUT2D eigenvalue weighted by molar-refractivity contribution is 6.03. The average molecular weight is 382 g/mol. The van der Waals surface area contributed by atoms with E-state index in [-0.39, 0.29) is 6.03 Å². The Morgan fingerprint density at radius 1 is 1.25 bits per heavy atom. The first-order chi connectivity index (χ1) is 13.5. The zero-order valence-electron chi connectivity index (χ0n) is 16.6. The van der Waals surface area contributed by atoms with Crippen molar-refractivity contribution in [3.8, 4) is 5.75 Å². The summed E-state index contributed by atoms with van der Waals surface area (Å²) in [5, 5.41) is 3.00. The number of carbonyl (C=O) groups excluding carboxylic acids is 1. The van der Waals surface area contributed by atoms with Gasteiger partial charge in [-0.1, -0.05) is 0 Å². The molecular weight excluding hydrogens is 356 g/mol. The number of urea groups is 1. The molecule has 0 saturated carbocycles. The Labute approximate surface area is 165 Å². The van der Waals surface area contributed by atoms with Crippen molar-refractivity contribution in [3.63, 3.8) is 0 Å². The minimum absolute atomic E-state index is 0.0748. The predicted molar refractivity (Wildman–Crippen MR) is 110 cm³/mol. The van der Waals surface area contributed by atoms with Crippen molar-refractivity contribution in [2.75, 3.05) is 45.2 Å². The number of hydrogen-bond acceptors (Lipinski definition) is 6. The van der Waals surface area contributed by atoms with Gasteiger partial charge in [-0.3, -0.25) is 4.99 Å². The third-order valence-electron chi connectivity index (χ3n) is 5.26. The highest BCUT2D eigenvalue weighted by Crippen LogP contribution is 2.22. The molecule has 1 aromatic rings. The summed E-state index contributed by atoms with van der Waals surface area (Å²) < 4.78 is 5.22. The van der Waals surface area contributed by atoms with Gasteiger partial charge < -0.3 is 24.8 Å². The number of carbonyl (C=O) groups is 1. The number of aliphatic imine (C=N–C) groups is 2. The monoisotopic (exact) mass is 382 g/mol. The van der Waals surface area contributed by atoms with E-state index in [4.69, 9.17) is 4.74 Å². The molecule has 2 amide bonds. The fourth-order valence-electron chi connectivity index (χ4n) is 3.64. The molecule has 8 nitrogen and oxygen atoms in total. The number of nitrogens with one attached hydrogen (secondary N) is 1. The molecule has 1 N–H and O–H groups in total. The molecule has 1 aromatic carbocycles. The van der Waals surface area contributed by atoms with E-state index in [0.29, 0.717) is 19.1 Å². The third kappa shape index (κ3) is 3.67. The lowest BCUT2D eigenvalue weighted by atomic mass is 10.2. The topological polar surface area (TPSA) is 72.8 Å². The Bertz CT molecular complexity index is 854. The van der Waals surface area contributed by atoms with Crippen LogP contribution in [-0.4, -0.2) is 78.8 Å². The molecule has 1 unspecified atom stereocenters. The Hall–Kier alpha value is -3.03. The standard InChI is InChI=1S/C20H26N6O2/c1-14-10-16(28-3)4-5-17(14)23-20(27)25-8-6-24(7-9-25)18-11-19-22-15(2)12-26(19)13-21-18/h4-5,10-11,13,15H,6-9,12H2,1-3H3,(H,23,27). The molecule has 3 aliphatic heterocycles. The number of piperazine rings is 1. The molecule has 4 rings (SSSR count). The predicted octanol–water partition coefficient (Wildman–Crippen LogP) is 2.14. The highest BCUT2D eigenvalue weighted by Gasteiger charge is 2.27. The maximum Gasteiger partial charge on any atom is 0.321 e. The molecule has 0 radical (unpaired) electrons. The van der Waals surface area contributed by atoms with Crippen LogP contribution in [0.1, 0.15) is 12.5 Å². The molecule has 8 heteroatoms. The molecule has 1 saturated heterocycles. The van der Waals surface area contributed by atoms with Gasteiger partial charge in [0, 0.05) is 44.5 Å². The van der Waals surface area contributed by atoms with Gasteiger partial charge in [0.25, 0.3) is 0 Å². The lowest BCUT2D eigenvalue weighted by Gasteiger charge is -2.36. The molecular formula is C20H26N6O2. The largest absolute Gasteiger partial charge is 0.497 e. The van der Waals surface area contributed by atoms with Gasteiger partial charge in [0.05, 0.1) is 19.5 Å². The smallest absolute Gasteiger partial charge is 0.321 e. The number of benzene rings is 1. The maximum absolute atomic E-state index is 12.6. The summed E-state index contributed by atoms with van der Waals surface area (Å²) in [7, 11) is 1.63. The first-order valence-electron chi connectivity index (χ1n) is 9.59. The van der Waals surface area contributed by atoms with Crippen LogP contribution in [0.5, 0.6) is 5.75 Å². The van der Waals surface area contributed by atoms with E-state index < -0.39 is 0 Å². The van der Waals surface area contributed by atoms with Crippen LogP contribution in [0.15, 0.2) is 40.1 Å². The van der Waals surface area contributed by atoms with Crippen molar-refractivity contribution in [1.82, 2.24) is 14.7 Å². The van der Waals surface area contributed by atoms with Crippen molar-refractivity contribution in [3.05, 3.63) is 35.7 Å². The SMILES string of the molecule is COc1ccc(NC(=O)N2CCN(C3=CC4=NC(C)CN4C=N3)CC2)c(C)c1. The van der Waals surface area contributed by atoms with E-state index in [1.165, 1.54) is 0 Å². The number of methoxy groups -OCH3 is 1. The minimum Gasteiger partial charge on any atom is -0.497 e. The molecule has 0 aliphatic carbocycles. The van der Waals surface area contributed by atoms with E-state index >= 15 is 0 Å². The van der Waals surface area contributed by atoms with Gasteiger partial charge in [0.15, 0.2) is 0 Å². The summed E-state index contributed by atoms with van der Waals surface area (Å²) in [6, 6.07) is 5.87. The Morgan fingerprint density at radius 2 is 2.04 bits per heavy atom. The maximum atomic E-state index is 12.6. The van der Waals surface area contributed by atoms with Gasteiger partial charge in [-0.05, 0) is 37.6 Å². The van der Waals surface area contributed by atoms with Crippen molar-refractivity contribution in [1.29, 1.82) is 0 Å². The van der Waals surface area contributed by atoms with Gasteiger partial charge in [-0.15, -0.1) is 0 Å². The fourth-order valence-corrected chi connectivity index (χ4v) is 3.64. The highest BCUT2D eigenvalue weighted by atomic mass is 16.5. The Kier molecular flexibility index (Phi) is 4.93. The van der Waals surface area contributed by atoms with Gasteiger partial charge >= 0.3 is 6.03 Å². The van der Waals surface area contributed by atoms with Gasteiger partial charge in [0.1, 0.15) is 17.4 Å². The van der Waals surface area contributed by atoms with Crippen LogP contribution in [0, 0.1) is 6.92 Å². The Balaban J connectivity index is 1.34. The second-order valence-electron chi connectivity index (χ2n) is 7.32. The van der Waals surface area contributed by atoms with Crippen LogP contribution in [-0.2, 0) is 0 Å². The van der Waals surface area contributed by atoms with E-state index in [1.54, 1.807) is 7.11 Å². The van der Waals surface area contributed by atoms with Gasteiger partial charge in [0.2, 0.25) is 0 Å². The van der Waals surface area contributed by atoms with Crippen LogP contribution in [0.25, 0.3) is 0 Å². The van der Waals surface area contributed by atoms with Crippen LogP contribution in [0.2, 0.25) is 0 Å². The molecule has 3 aliphatic rings. The van der Waals surface area contributed by atoms with Crippen molar-refractivity contribution < 1.29 is 9.53 Å². The third-order valence-corrected chi connectivity index (χ3v) is 5.26. The van der Waals surface area contributed by atoms with Crippen molar-refractivity contribution >= 4 is 23.9 Å². The molecule has 0 bridgehead atoms. The number of aryl methyl sites for hydroxylation is 1. The number of nitrogens with zero attached hydrogens (tertiary/aromatic N) is 5. The Morgan fingerprint density at radius 3 is 2.75 bits per heavy atom. The van der Waals surface area contributed by atoms with Crippen molar-refractivity contribution in [2.24, 2.45) is 9.98 Å². The second-order valence-corrected chi connectivity index (χ2v) is 7.32. The number of amidine groups is 1. The van der Waals surface area contributed by atoms with Crippen molar-refractivity contribution in [2.45, 2.75) is 19.9 Å². The lowest BCUT2D eigenvalue weighted by Crippen LogP contribution is -2.50. The first-order valence-corrected chi connectivity index (χ1v) is 9.59. The zero-order valence-corrected chi connectivity index (χ0v) is 16.6. The summed E-state index contributed by atoms with van der Waals surface area (Å²) in [4.78, 5) is 28.0. The van der Waals surface area contributed by atoms with Crippen LogP contribution >= 0.6 is 0 Å². The molecule has 148 valence electrons. The first kappa shape index (κ1) is 18.3. The average Bonchev–Trinajstić information content (AvgIpc) is 3.08. The summed E-state index contributed by atoms with van der Waals surface area (Å²) in [6.07, 6.45) is 3.91. The summed E-state index contributed by atoms with van der Waals surface area (Å²) >= 11 is 0. The summed E-state index contributed by atoms with van der Waals surface area (Å²) in [5.74, 6) is 2.69. The number of rotatable bonds is 3. The lowest BCUT2D eigenvalue weighted by molar-refractivity contribution is 0.167. The van der Waals surface area contributed by atoms with Gasteiger partial charge in [-0.2, -0.15) is 0 Å². The molecule has 0 aromatic heterocycles. The van der Waals surface area contributed by atoms with Crippen LogP contribution in [0.3, 0.4) is 0 Å². The molecule has 0 spiro atoms. The molecule has 1 atom stereocenters. The quantitative estimate of drug-likeness (QED) is 0.869. The number of ether oxygens (including phenoxy) is 1. The van der Waals surface area contributed by atoms with Gasteiger partial charge in [-0.25, -0.2) is 9.79 Å². The van der Waals surface area contributed by atoms with E-state index in [9.17, 15) is 4.79 Å². The minimum atomic E-state index is -0.0748. The number of amides is 2. The van der Waals surface area contributed by atoms with Crippen LogP contribution in [0.4, 0.5) is 10.5 Å². The number of hydrogen-bond donors (Lipinski definition) is 1. The van der Waals surface area contributed by atoms with Crippen LogP contribution < -0.4 is 10.1 Å². The zero-order chi connectivity index (χ0) is 19.7. The van der Waals surface area contributed by atoms with E-state index in [2.05, 4.69) is 32.0 Å². The number of fused-ring (bicyclic) bond motifs is 1. The van der Waals surface area contributed by atoms with E-state index in [1.807, 2.05) is 42.4 Å². The number of anilines is 1. The second kappa shape index (κ2) is 7.53. The molecule has 1 fully saturated rings. The summed E-state index contributed by atoms with van der Waals surface area (Å²) in [6.45, 7) is 7.76. The molecule has 3 heterocycles. The molecule has 28 heavy (non-hydrogen) atoms. The fraction of sp³-hybridized carbons (Fsp3) is 0.450. The van der Waals surface area contributed by atoms with E-state index in [0.717, 1.165) is 48.3 Å².